The van der Waals surface area contributed by atoms with Gasteiger partial charge in [-0.25, -0.2) is 8.42 Å². The van der Waals surface area contributed by atoms with E-state index in [0.29, 0.717) is 23.9 Å². The first-order valence-corrected chi connectivity index (χ1v) is 8.68. The maximum Gasteiger partial charge on any atom is 0.244 e. The number of hydrogen-bond donors (Lipinski definition) is 1. The zero-order valence-electron chi connectivity index (χ0n) is 10.6. The second-order valence-electron chi connectivity index (χ2n) is 4.67. The molecule has 2 heterocycles. The van der Waals surface area contributed by atoms with Crippen molar-refractivity contribution in [3.8, 4) is 0 Å². The third-order valence-electron chi connectivity index (χ3n) is 3.66. The second kappa shape index (κ2) is 5.69. The van der Waals surface area contributed by atoms with Gasteiger partial charge in [-0.15, -0.1) is 11.3 Å². The highest BCUT2D eigenvalue weighted by atomic mass is 32.2. The number of rotatable bonds is 4. The topological polar surface area (TPSA) is 63.4 Å². The standard InChI is InChI=1S/C12H20N2O2S2/c1-2-10-3-6-14(7-4-10)18(15,16)12-5-8-17-11(12)9-13/h5,8,10H,2-4,6-7,9,13H2,1H3. The summed E-state index contributed by atoms with van der Waals surface area (Å²) < 4.78 is 26.6. The summed E-state index contributed by atoms with van der Waals surface area (Å²) >= 11 is 1.41. The van der Waals surface area contributed by atoms with E-state index in [0.717, 1.165) is 24.1 Å². The van der Waals surface area contributed by atoms with Gasteiger partial charge in [0.2, 0.25) is 10.0 Å². The molecule has 1 fully saturated rings. The van der Waals surface area contributed by atoms with Gasteiger partial charge in [-0.3, -0.25) is 0 Å². The molecule has 1 aromatic heterocycles. The normalized spacial score (nSPS) is 19.2. The van der Waals surface area contributed by atoms with Crippen molar-refractivity contribution in [2.45, 2.75) is 37.6 Å². The molecule has 0 aromatic carbocycles. The second-order valence-corrected chi connectivity index (χ2v) is 7.57. The molecule has 0 saturated carbocycles. The first kappa shape index (κ1) is 14.0. The Morgan fingerprint density at radius 2 is 2.11 bits per heavy atom. The first-order chi connectivity index (χ1) is 8.59. The quantitative estimate of drug-likeness (QED) is 0.922. The number of nitrogens with two attached hydrogens (primary N) is 1. The maximum atomic E-state index is 12.5. The summed E-state index contributed by atoms with van der Waals surface area (Å²) in [6, 6.07) is 1.67. The van der Waals surface area contributed by atoms with E-state index in [-0.39, 0.29) is 6.54 Å². The Hall–Kier alpha value is -0.430. The van der Waals surface area contributed by atoms with Crippen LogP contribution in [0.5, 0.6) is 0 Å². The molecule has 1 aliphatic rings. The van der Waals surface area contributed by atoms with Crippen molar-refractivity contribution in [2.24, 2.45) is 11.7 Å². The summed E-state index contributed by atoms with van der Waals surface area (Å²) in [5, 5.41) is 1.80. The molecule has 1 aliphatic heterocycles. The lowest BCUT2D eigenvalue weighted by Gasteiger charge is -2.30. The van der Waals surface area contributed by atoms with E-state index >= 15 is 0 Å². The Morgan fingerprint density at radius 3 is 2.67 bits per heavy atom. The highest BCUT2D eigenvalue weighted by Gasteiger charge is 2.30. The van der Waals surface area contributed by atoms with E-state index < -0.39 is 10.0 Å². The Morgan fingerprint density at radius 1 is 1.44 bits per heavy atom. The van der Waals surface area contributed by atoms with Crippen LogP contribution >= 0.6 is 11.3 Å². The maximum absolute atomic E-state index is 12.5. The summed E-state index contributed by atoms with van der Waals surface area (Å²) in [6.45, 7) is 3.74. The molecule has 4 nitrogen and oxygen atoms in total. The van der Waals surface area contributed by atoms with Crippen LogP contribution in [0, 0.1) is 5.92 Å². The van der Waals surface area contributed by atoms with Crippen molar-refractivity contribution in [3.05, 3.63) is 16.3 Å². The fourth-order valence-electron chi connectivity index (χ4n) is 2.40. The monoisotopic (exact) mass is 288 g/mol. The molecule has 0 atom stereocenters. The third-order valence-corrected chi connectivity index (χ3v) is 6.71. The van der Waals surface area contributed by atoms with Crippen molar-refractivity contribution in [2.75, 3.05) is 13.1 Å². The minimum atomic E-state index is -3.33. The number of hydrogen-bond acceptors (Lipinski definition) is 4. The minimum absolute atomic E-state index is 0.289. The molecule has 6 heteroatoms. The third kappa shape index (κ3) is 2.61. The first-order valence-electron chi connectivity index (χ1n) is 6.36. The van der Waals surface area contributed by atoms with Crippen molar-refractivity contribution in [3.63, 3.8) is 0 Å². The van der Waals surface area contributed by atoms with Crippen molar-refractivity contribution >= 4 is 21.4 Å². The lowest BCUT2D eigenvalue weighted by Crippen LogP contribution is -2.38. The van der Waals surface area contributed by atoms with Gasteiger partial charge >= 0.3 is 0 Å². The Bertz CT molecular complexity index is 488. The van der Waals surface area contributed by atoms with Crippen LogP contribution in [0.15, 0.2) is 16.3 Å². The molecule has 102 valence electrons. The van der Waals surface area contributed by atoms with E-state index in [1.165, 1.54) is 11.3 Å². The predicted molar refractivity (Wildman–Crippen MR) is 74.0 cm³/mol. The Labute approximate surface area is 113 Å². The number of piperidine rings is 1. The molecule has 0 amide bonds. The van der Waals surface area contributed by atoms with E-state index in [1.54, 1.807) is 15.8 Å². The van der Waals surface area contributed by atoms with E-state index in [9.17, 15) is 8.42 Å². The van der Waals surface area contributed by atoms with Crippen LogP contribution in [0.2, 0.25) is 0 Å². The Kier molecular flexibility index (Phi) is 4.42. The SMILES string of the molecule is CCC1CCN(S(=O)(=O)c2ccsc2CN)CC1. The van der Waals surface area contributed by atoms with Crippen molar-refractivity contribution in [1.29, 1.82) is 0 Å². The fourth-order valence-corrected chi connectivity index (χ4v) is 5.18. The molecular weight excluding hydrogens is 268 g/mol. The lowest BCUT2D eigenvalue weighted by molar-refractivity contribution is 0.269. The molecule has 0 aliphatic carbocycles. The molecule has 0 spiro atoms. The molecule has 18 heavy (non-hydrogen) atoms. The Balaban J connectivity index is 2.17. The minimum Gasteiger partial charge on any atom is -0.326 e. The smallest absolute Gasteiger partial charge is 0.244 e. The van der Waals surface area contributed by atoms with Crippen molar-refractivity contribution < 1.29 is 8.42 Å². The highest BCUT2D eigenvalue weighted by molar-refractivity contribution is 7.89. The average Bonchev–Trinajstić information content (AvgIpc) is 2.88. The van der Waals surface area contributed by atoms with E-state index in [2.05, 4.69) is 6.92 Å². The molecule has 2 rings (SSSR count). The van der Waals surface area contributed by atoms with Gasteiger partial charge in [0.05, 0.1) is 4.90 Å². The number of sulfonamides is 1. The summed E-state index contributed by atoms with van der Waals surface area (Å²) in [4.78, 5) is 1.16. The van der Waals surface area contributed by atoms with Gasteiger partial charge in [-0.1, -0.05) is 13.3 Å². The highest BCUT2D eigenvalue weighted by Crippen LogP contribution is 2.29. The molecule has 0 unspecified atom stereocenters. The molecule has 2 N–H and O–H groups in total. The van der Waals surface area contributed by atoms with Gasteiger partial charge in [-0.05, 0) is 30.2 Å². The summed E-state index contributed by atoms with van der Waals surface area (Å²) in [5.41, 5.74) is 5.59. The summed E-state index contributed by atoms with van der Waals surface area (Å²) in [6.07, 6.45) is 3.08. The average molecular weight is 288 g/mol. The van der Waals surface area contributed by atoms with Gasteiger partial charge in [0.25, 0.3) is 0 Å². The number of thiophene rings is 1. The summed E-state index contributed by atoms with van der Waals surface area (Å²) in [7, 11) is -3.33. The van der Waals surface area contributed by atoms with Crippen LogP contribution < -0.4 is 5.73 Å². The van der Waals surface area contributed by atoms with Crippen LogP contribution in [0.1, 0.15) is 31.1 Å². The molecule has 0 radical (unpaired) electrons. The van der Waals surface area contributed by atoms with Gasteiger partial charge in [0.15, 0.2) is 0 Å². The number of nitrogens with zero attached hydrogens (tertiary/aromatic N) is 1. The van der Waals surface area contributed by atoms with Gasteiger partial charge < -0.3 is 5.73 Å². The van der Waals surface area contributed by atoms with E-state index in [4.69, 9.17) is 5.73 Å². The zero-order chi connectivity index (χ0) is 13.2. The van der Waals surface area contributed by atoms with Crippen LogP contribution in [-0.4, -0.2) is 25.8 Å². The van der Waals surface area contributed by atoms with Gasteiger partial charge in [0.1, 0.15) is 0 Å². The molecule has 0 bridgehead atoms. The summed E-state index contributed by atoms with van der Waals surface area (Å²) in [5.74, 6) is 0.674. The lowest BCUT2D eigenvalue weighted by atomic mass is 9.96. The van der Waals surface area contributed by atoms with Gasteiger partial charge in [0, 0.05) is 24.5 Å². The molecular formula is C12H20N2O2S2. The molecule has 1 aromatic rings. The van der Waals surface area contributed by atoms with Crippen LogP contribution in [0.4, 0.5) is 0 Å². The fraction of sp³-hybridized carbons (Fsp3) is 0.667. The van der Waals surface area contributed by atoms with Crippen molar-refractivity contribution in [1.82, 2.24) is 4.31 Å². The van der Waals surface area contributed by atoms with Crippen LogP contribution in [0.25, 0.3) is 0 Å². The van der Waals surface area contributed by atoms with E-state index in [1.807, 2.05) is 0 Å². The largest absolute Gasteiger partial charge is 0.326 e. The molecule has 1 saturated heterocycles. The predicted octanol–water partition coefficient (Wildman–Crippen LogP) is 2.02. The van der Waals surface area contributed by atoms with Crippen LogP contribution in [-0.2, 0) is 16.6 Å². The van der Waals surface area contributed by atoms with Gasteiger partial charge in [-0.2, -0.15) is 4.31 Å². The van der Waals surface area contributed by atoms with Crippen LogP contribution in [0.3, 0.4) is 0 Å². The zero-order valence-corrected chi connectivity index (χ0v) is 12.3.